The van der Waals surface area contributed by atoms with Crippen LogP contribution in [-0.4, -0.2) is 20.3 Å². The Bertz CT molecular complexity index is 466. The van der Waals surface area contributed by atoms with Crippen LogP contribution in [0, 0.1) is 10.1 Å². The number of aromatic hydroxyl groups is 1. The minimum Gasteiger partial charge on any atom is -0.501 e. The number of nitrogens with zero attached hydrogens (tertiary/aromatic N) is 2. The first-order valence-corrected chi connectivity index (χ1v) is 4.08. The van der Waals surface area contributed by atoms with Gasteiger partial charge < -0.3 is 15.2 Å². The van der Waals surface area contributed by atoms with Crippen LogP contribution in [-0.2, 0) is 0 Å². The summed E-state index contributed by atoms with van der Waals surface area (Å²) in [6, 6.07) is 0. The summed E-state index contributed by atoms with van der Waals surface area (Å²) in [6.07, 6.45) is -2.76. The molecule has 86 valence electrons. The fourth-order valence-corrected chi connectivity index (χ4v) is 1.17. The third kappa shape index (κ3) is 2.06. The number of rotatable bonds is 3. The quantitative estimate of drug-likeness (QED) is 0.504. The molecule has 0 bridgehead atoms. The van der Waals surface area contributed by atoms with Crippen LogP contribution in [0.1, 0.15) is 22.3 Å². The highest BCUT2D eigenvalue weighted by Crippen LogP contribution is 2.37. The monoisotopic (exact) mass is 252 g/mol. The van der Waals surface area contributed by atoms with E-state index in [0.29, 0.717) is 6.20 Å². The first-order chi connectivity index (χ1) is 7.36. The van der Waals surface area contributed by atoms with E-state index in [9.17, 15) is 23.7 Å². The van der Waals surface area contributed by atoms with Gasteiger partial charge in [0, 0.05) is 0 Å². The van der Waals surface area contributed by atoms with Gasteiger partial charge in [-0.3, -0.25) is 4.79 Å². The van der Waals surface area contributed by atoms with Gasteiger partial charge in [0.05, 0.1) is 11.1 Å². The van der Waals surface area contributed by atoms with E-state index >= 15 is 0 Å². The summed E-state index contributed by atoms with van der Waals surface area (Å²) in [6.45, 7) is 0. The molecule has 1 aromatic rings. The molecule has 0 spiro atoms. The molecule has 16 heavy (non-hydrogen) atoms. The third-order valence-corrected chi connectivity index (χ3v) is 1.88. The molecule has 0 saturated heterocycles. The van der Waals surface area contributed by atoms with Crippen molar-refractivity contribution >= 4 is 22.7 Å². The standard InChI is InChI=1S/C7H3ClF2N2O4/c8-5(14)2-1-11-7(12(15)16)4(13)3(2)6(9)10/h1,6,13H. The predicted molar refractivity (Wildman–Crippen MR) is 47.7 cm³/mol. The maximum Gasteiger partial charge on any atom is 0.406 e. The molecular formula is C7H3ClF2N2O4. The molecule has 1 rings (SSSR count). The average molecular weight is 253 g/mol. The molecule has 0 aliphatic rings. The Morgan fingerprint density at radius 2 is 2.19 bits per heavy atom. The number of alkyl halides is 2. The summed E-state index contributed by atoms with van der Waals surface area (Å²) in [5.41, 5.74) is -1.96. The highest BCUT2D eigenvalue weighted by Gasteiger charge is 2.30. The zero-order valence-corrected chi connectivity index (χ0v) is 8.11. The summed E-state index contributed by atoms with van der Waals surface area (Å²) in [5.74, 6) is -2.51. The summed E-state index contributed by atoms with van der Waals surface area (Å²) >= 11 is 4.96. The molecule has 1 aromatic heterocycles. The van der Waals surface area contributed by atoms with Gasteiger partial charge in [-0.25, -0.2) is 8.78 Å². The average Bonchev–Trinajstić information content (AvgIpc) is 2.15. The minimum absolute atomic E-state index is 0.522. The number of hydrogen-bond donors (Lipinski definition) is 1. The molecule has 0 unspecified atom stereocenters. The zero-order valence-electron chi connectivity index (χ0n) is 7.35. The predicted octanol–water partition coefficient (Wildman–Crippen LogP) is 2.01. The first-order valence-electron chi connectivity index (χ1n) is 3.70. The maximum absolute atomic E-state index is 12.5. The van der Waals surface area contributed by atoms with Crippen LogP contribution in [0.15, 0.2) is 6.20 Å². The topological polar surface area (TPSA) is 93.3 Å². The second-order valence-corrected chi connectivity index (χ2v) is 2.93. The lowest BCUT2D eigenvalue weighted by Gasteiger charge is -2.05. The molecule has 0 radical (unpaired) electrons. The van der Waals surface area contributed by atoms with Gasteiger partial charge >= 0.3 is 5.82 Å². The second kappa shape index (κ2) is 4.35. The van der Waals surface area contributed by atoms with Crippen molar-refractivity contribution in [3.05, 3.63) is 27.4 Å². The molecule has 1 N–H and O–H groups in total. The number of pyridine rings is 1. The van der Waals surface area contributed by atoms with Crippen molar-refractivity contribution in [3.8, 4) is 5.75 Å². The van der Waals surface area contributed by atoms with Gasteiger partial charge in [-0.1, -0.05) is 0 Å². The van der Waals surface area contributed by atoms with Crippen molar-refractivity contribution in [2.45, 2.75) is 6.43 Å². The number of carbonyl (C=O) groups excluding carboxylic acids is 1. The molecule has 6 nitrogen and oxygen atoms in total. The van der Waals surface area contributed by atoms with Gasteiger partial charge in [-0.2, -0.15) is 0 Å². The fraction of sp³-hybridized carbons (Fsp3) is 0.143. The summed E-state index contributed by atoms with van der Waals surface area (Å²) in [4.78, 5) is 22.9. The molecular weight excluding hydrogens is 250 g/mol. The van der Waals surface area contributed by atoms with E-state index < -0.39 is 39.3 Å². The van der Waals surface area contributed by atoms with Crippen LogP contribution in [0.3, 0.4) is 0 Å². The Hall–Kier alpha value is -1.83. The van der Waals surface area contributed by atoms with E-state index in [2.05, 4.69) is 4.98 Å². The van der Waals surface area contributed by atoms with Crippen LogP contribution < -0.4 is 0 Å². The number of aromatic nitrogens is 1. The van der Waals surface area contributed by atoms with Gasteiger partial charge in [-0.15, -0.1) is 0 Å². The summed E-state index contributed by atoms with van der Waals surface area (Å²) < 4.78 is 24.9. The van der Waals surface area contributed by atoms with E-state index in [0.717, 1.165) is 0 Å². The fourth-order valence-electron chi connectivity index (χ4n) is 1.02. The number of carbonyl (C=O) groups is 1. The lowest BCUT2D eigenvalue weighted by molar-refractivity contribution is -0.390. The van der Waals surface area contributed by atoms with E-state index in [1.54, 1.807) is 0 Å². The van der Waals surface area contributed by atoms with Gasteiger partial charge in [0.25, 0.3) is 11.7 Å². The smallest absolute Gasteiger partial charge is 0.406 e. The molecule has 0 aliphatic heterocycles. The van der Waals surface area contributed by atoms with Crippen LogP contribution in [0.25, 0.3) is 0 Å². The van der Waals surface area contributed by atoms with Crippen molar-refractivity contribution in [1.82, 2.24) is 4.98 Å². The molecule has 0 fully saturated rings. The van der Waals surface area contributed by atoms with Gasteiger partial charge in [-0.05, 0) is 21.5 Å². The van der Waals surface area contributed by atoms with Crippen molar-refractivity contribution in [1.29, 1.82) is 0 Å². The van der Waals surface area contributed by atoms with E-state index in [1.807, 2.05) is 0 Å². The number of nitro groups is 1. The van der Waals surface area contributed by atoms with E-state index in [4.69, 9.17) is 16.7 Å². The normalized spacial score (nSPS) is 10.5. The lowest BCUT2D eigenvalue weighted by atomic mass is 10.1. The molecule has 0 aromatic carbocycles. The Balaban J connectivity index is 3.54. The maximum atomic E-state index is 12.5. The Morgan fingerprint density at radius 3 is 2.56 bits per heavy atom. The van der Waals surface area contributed by atoms with Crippen LogP contribution >= 0.6 is 11.6 Å². The molecule has 1 heterocycles. The number of halogens is 3. The first kappa shape index (κ1) is 12.2. The van der Waals surface area contributed by atoms with Crippen molar-refractivity contribution in [3.63, 3.8) is 0 Å². The van der Waals surface area contributed by atoms with Crippen LogP contribution in [0.5, 0.6) is 5.75 Å². The van der Waals surface area contributed by atoms with Crippen LogP contribution in [0.2, 0.25) is 0 Å². The molecule has 9 heteroatoms. The highest BCUT2D eigenvalue weighted by molar-refractivity contribution is 6.67. The van der Waals surface area contributed by atoms with Gasteiger partial charge in [0.2, 0.25) is 5.75 Å². The van der Waals surface area contributed by atoms with Crippen LogP contribution in [0.4, 0.5) is 14.6 Å². The molecule has 0 atom stereocenters. The van der Waals surface area contributed by atoms with Crippen molar-refractivity contribution in [2.24, 2.45) is 0 Å². The Labute approximate surface area is 91.6 Å². The summed E-state index contributed by atoms with van der Waals surface area (Å²) in [5, 5.41) is 18.2. The van der Waals surface area contributed by atoms with Crippen molar-refractivity contribution in [2.75, 3.05) is 0 Å². The summed E-state index contributed by atoms with van der Waals surface area (Å²) in [7, 11) is 0. The zero-order chi connectivity index (χ0) is 12.5. The van der Waals surface area contributed by atoms with Gasteiger partial charge in [0.1, 0.15) is 0 Å². The third-order valence-electron chi connectivity index (χ3n) is 1.68. The molecule has 0 amide bonds. The largest absolute Gasteiger partial charge is 0.501 e. The Morgan fingerprint density at radius 1 is 1.62 bits per heavy atom. The lowest BCUT2D eigenvalue weighted by Crippen LogP contribution is -2.03. The van der Waals surface area contributed by atoms with Gasteiger partial charge in [0.15, 0.2) is 6.20 Å². The number of hydrogen-bond acceptors (Lipinski definition) is 5. The highest BCUT2D eigenvalue weighted by atomic mass is 35.5. The van der Waals surface area contributed by atoms with E-state index in [-0.39, 0.29) is 0 Å². The molecule has 0 saturated carbocycles. The molecule has 0 aliphatic carbocycles. The second-order valence-electron chi connectivity index (χ2n) is 2.59. The SMILES string of the molecule is O=C(Cl)c1cnc([N+](=O)[O-])c(O)c1C(F)F. The minimum atomic E-state index is -3.28. The van der Waals surface area contributed by atoms with E-state index in [1.165, 1.54) is 0 Å². The Kier molecular flexibility index (Phi) is 3.33. The van der Waals surface area contributed by atoms with Crippen molar-refractivity contribution < 1.29 is 23.6 Å².